The van der Waals surface area contributed by atoms with E-state index in [1.807, 2.05) is 35.2 Å². The number of pyridine rings is 1. The topological polar surface area (TPSA) is 59.0 Å². The van der Waals surface area contributed by atoms with Gasteiger partial charge in [-0.05, 0) is 37.0 Å². The molecule has 1 saturated carbocycles. The molecule has 138 valence electrons. The molecule has 1 aliphatic rings. The summed E-state index contributed by atoms with van der Waals surface area (Å²) in [6, 6.07) is 14.3. The molecule has 0 N–H and O–H groups in total. The van der Waals surface area contributed by atoms with Crippen LogP contribution in [0.2, 0.25) is 0 Å². The first-order chi connectivity index (χ1) is 13.3. The first-order valence-corrected chi connectivity index (χ1v) is 10.2. The summed E-state index contributed by atoms with van der Waals surface area (Å²) in [7, 11) is 0. The first-order valence-electron chi connectivity index (χ1n) is 9.41. The Balaban J connectivity index is 1.54. The lowest BCUT2D eigenvalue weighted by atomic mass is 10.1. The summed E-state index contributed by atoms with van der Waals surface area (Å²) in [6.45, 7) is 0. The quantitative estimate of drug-likeness (QED) is 0.633. The number of anilines is 1. The van der Waals surface area contributed by atoms with E-state index in [0.717, 1.165) is 29.8 Å². The molecule has 0 unspecified atom stereocenters. The fraction of sp³-hybridized carbons (Fsp3) is 0.333. The largest absolute Gasteiger partial charge is 0.284 e. The summed E-state index contributed by atoms with van der Waals surface area (Å²) in [5.74, 6) is 0.139. The molecule has 0 bridgehead atoms. The second-order valence-electron chi connectivity index (χ2n) is 6.82. The Bertz CT molecular complexity index is 875. The smallest absolute Gasteiger partial charge is 0.229 e. The zero-order valence-electron chi connectivity index (χ0n) is 15.1. The molecular weight excluding hydrogens is 356 g/mol. The lowest BCUT2D eigenvalue weighted by molar-refractivity contribution is -0.119. The Labute approximate surface area is 163 Å². The van der Waals surface area contributed by atoms with Crippen LogP contribution in [0.1, 0.15) is 37.7 Å². The Morgan fingerprint density at radius 1 is 1.07 bits per heavy atom. The van der Waals surface area contributed by atoms with Gasteiger partial charge in [0.1, 0.15) is 0 Å². The maximum atomic E-state index is 13.1. The molecule has 27 heavy (non-hydrogen) atoms. The number of hydrogen-bond acceptors (Lipinski definition) is 5. The van der Waals surface area contributed by atoms with Gasteiger partial charge < -0.3 is 0 Å². The number of hydrogen-bond donors (Lipinski definition) is 0. The van der Waals surface area contributed by atoms with Crippen molar-refractivity contribution in [3.05, 3.63) is 60.4 Å². The van der Waals surface area contributed by atoms with E-state index in [-0.39, 0.29) is 11.9 Å². The van der Waals surface area contributed by atoms with Crippen LogP contribution < -0.4 is 4.90 Å². The van der Waals surface area contributed by atoms with E-state index >= 15 is 0 Å². The Hall–Kier alpha value is -2.60. The van der Waals surface area contributed by atoms with Crippen LogP contribution >= 0.6 is 11.3 Å². The van der Waals surface area contributed by atoms with Crippen molar-refractivity contribution in [2.24, 2.45) is 0 Å². The van der Waals surface area contributed by atoms with Crippen LogP contribution in [0.15, 0.2) is 54.9 Å². The van der Waals surface area contributed by atoms with Crippen LogP contribution in [0.4, 0.5) is 5.13 Å². The number of aromatic nitrogens is 3. The molecule has 1 aliphatic carbocycles. The normalized spacial score (nSPS) is 14.4. The third-order valence-electron chi connectivity index (χ3n) is 4.96. The van der Waals surface area contributed by atoms with Crippen molar-refractivity contribution >= 4 is 22.4 Å². The number of carbonyl (C=O) groups excluding carboxylic acids is 1. The molecule has 0 radical (unpaired) electrons. The van der Waals surface area contributed by atoms with Crippen LogP contribution in [-0.4, -0.2) is 27.1 Å². The van der Waals surface area contributed by atoms with Gasteiger partial charge in [-0.3, -0.25) is 14.7 Å². The second-order valence-corrected chi connectivity index (χ2v) is 7.78. The van der Waals surface area contributed by atoms with Gasteiger partial charge in [0.25, 0.3) is 0 Å². The maximum Gasteiger partial charge on any atom is 0.229 e. The van der Waals surface area contributed by atoms with E-state index < -0.39 is 0 Å². The van der Waals surface area contributed by atoms with Crippen molar-refractivity contribution < 1.29 is 4.79 Å². The molecular formula is C21H22N4OS. The molecule has 4 rings (SSSR count). The highest BCUT2D eigenvalue weighted by Crippen LogP contribution is 2.34. The molecule has 0 spiro atoms. The first kappa shape index (κ1) is 17.8. The van der Waals surface area contributed by atoms with Gasteiger partial charge in [0.15, 0.2) is 5.01 Å². The van der Waals surface area contributed by atoms with Gasteiger partial charge >= 0.3 is 0 Å². The zero-order valence-corrected chi connectivity index (χ0v) is 15.9. The van der Waals surface area contributed by atoms with Crippen molar-refractivity contribution in [1.82, 2.24) is 15.2 Å². The molecule has 0 aliphatic heterocycles. The van der Waals surface area contributed by atoms with Gasteiger partial charge in [-0.25, -0.2) is 0 Å². The standard InChI is InChI=1S/C21H22N4OS/c26-19(13-12-16-7-2-1-3-8-16)25(18-10-4-5-11-18)21-24-23-20(27-21)17-9-6-14-22-15-17/h1-3,6-9,14-15,18H,4-5,10-13H2. The number of amides is 1. The molecule has 5 nitrogen and oxygen atoms in total. The van der Waals surface area contributed by atoms with Gasteiger partial charge in [0.05, 0.1) is 0 Å². The number of rotatable bonds is 6. The highest BCUT2D eigenvalue weighted by molar-refractivity contribution is 7.18. The Morgan fingerprint density at radius 2 is 1.89 bits per heavy atom. The minimum atomic E-state index is 0.139. The third kappa shape index (κ3) is 4.22. The second kappa shape index (κ2) is 8.39. The van der Waals surface area contributed by atoms with Gasteiger partial charge in [0, 0.05) is 30.4 Å². The van der Waals surface area contributed by atoms with Gasteiger partial charge in [-0.15, -0.1) is 10.2 Å². The average molecular weight is 379 g/mol. The molecule has 0 atom stereocenters. The number of benzene rings is 1. The molecule has 0 saturated heterocycles. The lowest BCUT2D eigenvalue weighted by Crippen LogP contribution is -2.39. The fourth-order valence-corrected chi connectivity index (χ4v) is 4.49. The summed E-state index contributed by atoms with van der Waals surface area (Å²) in [5.41, 5.74) is 2.12. The number of carbonyl (C=O) groups is 1. The minimum absolute atomic E-state index is 0.139. The SMILES string of the molecule is O=C(CCc1ccccc1)N(c1nnc(-c2cccnc2)s1)C1CCCC1. The van der Waals surface area contributed by atoms with Crippen LogP contribution in [0, 0.1) is 0 Å². The number of nitrogens with zero attached hydrogens (tertiary/aromatic N) is 4. The van der Waals surface area contributed by atoms with Gasteiger partial charge in [-0.2, -0.15) is 0 Å². The molecule has 1 fully saturated rings. The van der Waals surface area contributed by atoms with E-state index in [9.17, 15) is 4.79 Å². The molecule has 3 aromatic rings. The predicted molar refractivity (Wildman–Crippen MR) is 108 cm³/mol. The van der Waals surface area contributed by atoms with Crippen molar-refractivity contribution in [3.8, 4) is 10.6 Å². The Morgan fingerprint density at radius 3 is 2.63 bits per heavy atom. The van der Waals surface area contributed by atoms with Crippen molar-refractivity contribution in [3.63, 3.8) is 0 Å². The molecule has 2 aromatic heterocycles. The van der Waals surface area contributed by atoms with Gasteiger partial charge in [-0.1, -0.05) is 54.5 Å². The van der Waals surface area contributed by atoms with Crippen LogP contribution in [0.5, 0.6) is 0 Å². The summed E-state index contributed by atoms with van der Waals surface area (Å²) < 4.78 is 0. The van der Waals surface area contributed by atoms with Crippen molar-refractivity contribution in [2.75, 3.05) is 4.90 Å². The summed E-state index contributed by atoms with van der Waals surface area (Å²) in [4.78, 5) is 19.2. The predicted octanol–water partition coefficient (Wildman–Crippen LogP) is 4.51. The molecule has 6 heteroatoms. The van der Waals surface area contributed by atoms with Crippen LogP contribution in [0.3, 0.4) is 0 Å². The minimum Gasteiger partial charge on any atom is -0.284 e. The molecule has 1 amide bonds. The lowest BCUT2D eigenvalue weighted by Gasteiger charge is -2.26. The molecule has 2 heterocycles. The highest BCUT2D eigenvalue weighted by Gasteiger charge is 2.30. The Kier molecular flexibility index (Phi) is 5.53. The van der Waals surface area contributed by atoms with E-state index in [2.05, 4.69) is 27.3 Å². The van der Waals surface area contributed by atoms with Crippen molar-refractivity contribution in [1.29, 1.82) is 0 Å². The summed E-state index contributed by atoms with van der Waals surface area (Å²) >= 11 is 1.47. The summed E-state index contributed by atoms with van der Waals surface area (Å²) in [5, 5.41) is 10.2. The highest BCUT2D eigenvalue weighted by atomic mass is 32.1. The average Bonchev–Trinajstić information content (AvgIpc) is 3.41. The fourth-order valence-electron chi connectivity index (χ4n) is 3.56. The summed E-state index contributed by atoms with van der Waals surface area (Å²) in [6.07, 6.45) is 9.17. The zero-order chi connectivity index (χ0) is 18.5. The number of aryl methyl sites for hydroxylation is 1. The van der Waals surface area contributed by atoms with Crippen LogP contribution in [-0.2, 0) is 11.2 Å². The van der Waals surface area contributed by atoms with Gasteiger partial charge in [0.2, 0.25) is 11.0 Å². The van der Waals surface area contributed by atoms with Crippen molar-refractivity contribution in [2.45, 2.75) is 44.6 Å². The third-order valence-corrected chi connectivity index (χ3v) is 5.93. The van der Waals surface area contributed by atoms with Crippen LogP contribution in [0.25, 0.3) is 10.6 Å². The van der Waals surface area contributed by atoms with E-state index in [1.165, 1.54) is 29.7 Å². The molecule has 1 aromatic carbocycles. The monoisotopic (exact) mass is 378 g/mol. The van der Waals surface area contributed by atoms with E-state index in [4.69, 9.17) is 0 Å². The maximum absolute atomic E-state index is 13.1. The van der Waals surface area contributed by atoms with E-state index in [0.29, 0.717) is 11.6 Å². The van der Waals surface area contributed by atoms with E-state index in [1.54, 1.807) is 12.4 Å².